The molecule has 8 heteroatoms. The number of aromatic nitrogens is 3. The molecule has 7 nitrogen and oxygen atoms in total. The van der Waals surface area contributed by atoms with Crippen LogP contribution < -0.4 is 15.0 Å². The fourth-order valence-electron chi connectivity index (χ4n) is 2.87. The Kier molecular flexibility index (Phi) is 5.20. The van der Waals surface area contributed by atoms with Crippen molar-refractivity contribution in [2.24, 2.45) is 0 Å². The van der Waals surface area contributed by atoms with Gasteiger partial charge in [0.05, 0.1) is 19.3 Å². The summed E-state index contributed by atoms with van der Waals surface area (Å²) in [6.07, 6.45) is 4.35. The van der Waals surface area contributed by atoms with Gasteiger partial charge in [0.1, 0.15) is 18.4 Å². The van der Waals surface area contributed by atoms with Crippen molar-refractivity contribution < 1.29 is 9.53 Å². The van der Waals surface area contributed by atoms with Crippen LogP contribution in [-0.4, -0.2) is 46.9 Å². The van der Waals surface area contributed by atoms with E-state index in [0.29, 0.717) is 18.0 Å². The van der Waals surface area contributed by atoms with Crippen LogP contribution >= 0.6 is 11.6 Å². The molecule has 3 rings (SSSR count). The second-order valence-corrected chi connectivity index (χ2v) is 6.16. The van der Waals surface area contributed by atoms with Gasteiger partial charge in [0.25, 0.3) is 0 Å². The maximum Gasteiger partial charge on any atom is 0.222 e. The molecule has 0 saturated carbocycles. The number of methoxy groups -OCH3 is 1. The molecule has 1 aromatic heterocycles. The largest absolute Gasteiger partial charge is 0.495 e. The fraction of sp³-hybridized carbons (Fsp3) is 0.438. The number of anilines is 1. The molecule has 2 aromatic rings. The van der Waals surface area contributed by atoms with Crippen molar-refractivity contribution in [2.45, 2.75) is 25.4 Å². The van der Waals surface area contributed by atoms with Crippen molar-refractivity contribution in [1.29, 1.82) is 0 Å². The maximum atomic E-state index is 12.1. The first kappa shape index (κ1) is 16.6. The van der Waals surface area contributed by atoms with Gasteiger partial charge in [-0.15, -0.1) is 0 Å². The Balaban J connectivity index is 1.53. The summed E-state index contributed by atoms with van der Waals surface area (Å²) >= 11 is 6.10. The molecule has 1 N–H and O–H groups in total. The number of nitrogens with one attached hydrogen (secondary N) is 1. The van der Waals surface area contributed by atoms with Gasteiger partial charge in [-0.2, -0.15) is 5.10 Å². The zero-order chi connectivity index (χ0) is 16.9. The van der Waals surface area contributed by atoms with Crippen LogP contribution in [0.4, 0.5) is 5.69 Å². The SMILES string of the molecule is COc1ccc(Cl)cc1N1CC[C@@H](NC(=O)CCn2cncn2)C1. The van der Waals surface area contributed by atoms with Gasteiger partial charge in [-0.25, -0.2) is 4.98 Å². The van der Waals surface area contributed by atoms with E-state index in [1.54, 1.807) is 18.1 Å². The zero-order valence-corrected chi connectivity index (χ0v) is 14.2. The third-order valence-electron chi connectivity index (χ3n) is 4.07. The Morgan fingerprint density at radius 3 is 3.12 bits per heavy atom. The summed E-state index contributed by atoms with van der Waals surface area (Å²) in [5.74, 6) is 0.813. The number of hydrogen-bond donors (Lipinski definition) is 1. The van der Waals surface area contributed by atoms with Crippen molar-refractivity contribution in [2.75, 3.05) is 25.1 Å². The number of halogens is 1. The maximum absolute atomic E-state index is 12.1. The molecule has 1 atom stereocenters. The summed E-state index contributed by atoms with van der Waals surface area (Å²) in [6, 6.07) is 5.69. The second kappa shape index (κ2) is 7.53. The molecule has 1 amide bonds. The average molecular weight is 350 g/mol. The first-order valence-electron chi connectivity index (χ1n) is 7.86. The Morgan fingerprint density at radius 2 is 2.38 bits per heavy atom. The number of aryl methyl sites for hydroxylation is 1. The minimum absolute atomic E-state index is 0.0235. The number of nitrogens with zero attached hydrogens (tertiary/aromatic N) is 4. The molecule has 1 fully saturated rings. The van der Waals surface area contributed by atoms with Crippen LogP contribution in [0, 0.1) is 0 Å². The molecular weight excluding hydrogens is 330 g/mol. The van der Waals surface area contributed by atoms with E-state index in [1.807, 2.05) is 18.2 Å². The summed E-state index contributed by atoms with van der Waals surface area (Å²) in [7, 11) is 1.65. The first-order chi connectivity index (χ1) is 11.7. The van der Waals surface area contributed by atoms with Crippen LogP contribution in [0.25, 0.3) is 0 Å². The van der Waals surface area contributed by atoms with Gasteiger partial charge >= 0.3 is 0 Å². The number of hydrogen-bond acceptors (Lipinski definition) is 5. The zero-order valence-electron chi connectivity index (χ0n) is 13.5. The van der Waals surface area contributed by atoms with Crippen LogP contribution in [-0.2, 0) is 11.3 Å². The average Bonchev–Trinajstić information content (AvgIpc) is 3.24. The van der Waals surface area contributed by atoms with Crippen LogP contribution in [0.3, 0.4) is 0 Å². The fourth-order valence-corrected chi connectivity index (χ4v) is 3.04. The van der Waals surface area contributed by atoms with Crippen molar-refractivity contribution in [1.82, 2.24) is 20.1 Å². The summed E-state index contributed by atoms with van der Waals surface area (Å²) in [5, 5.41) is 7.74. The van der Waals surface area contributed by atoms with E-state index in [-0.39, 0.29) is 11.9 Å². The van der Waals surface area contributed by atoms with E-state index in [4.69, 9.17) is 16.3 Å². The topological polar surface area (TPSA) is 72.3 Å². The van der Waals surface area contributed by atoms with Gasteiger partial charge in [0.2, 0.25) is 5.91 Å². The van der Waals surface area contributed by atoms with Gasteiger partial charge in [-0.3, -0.25) is 9.48 Å². The number of amides is 1. The lowest BCUT2D eigenvalue weighted by molar-refractivity contribution is -0.121. The predicted octanol–water partition coefficient (Wildman–Crippen LogP) is 1.73. The van der Waals surface area contributed by atoms with Gasteiger partial charge in [-0.1, -0.05) is 11.6 Å². The lowest BCUT2D eigenvalue weighted by atomic mass is 10.2. The molecule has 1 saturated heterocycles. The number of benzene rings is 1. The van der Waals surface area contributed by atoms with Crippen molar-refractivity contribution >= 4 is 23.2 Å². The standard InChI is InChI=1S/C16H20ClN5O2/c1-24-15-3-2-12(17)8-14(15)21-6-4-13(9-21)20-16(23)5-7-22-11-18-10-19-22/h2-3,8,10-11,13H,4-7,9H2,1H3,(H,20,23)/t13-/m1/s1. The Bertz CT molecular complexity index is 692. The molecule has 1 aliphatic heterocycles. The molecule has 0 aliphatic carbocycles. The number of ether oxygens (including phenoxy) is 1. The minimum atomic E-state index is 0.0235. The Labute approximate surface area is 145 Å². The van der Waals surface area contributed by atoms with E-state index in [0.717, 1.165) is 30.9 Å². The third kappa shape index (κ3) is 3.97. The lowest BCUT2D eigenvalue weighted by Crippen LogP contribution is -2.37. The third-order valence-corrected chi connectivity index (χ3v) is 4.30. The van der Waals surface area contributed by atoms with Gasteiger partial charge in [-0.05, 0) is 24.6 Å². The van der Waals surface area contributed by atoms with Crippen LogP contribution in [0.5, 0.6) is 5.75 Å². The van der Waals surface area contributed by atoms with Crippen molar-refractivity contribution in [3.8, 4) is 5.75 Å². The molecule has 24 heavy (non-hydrogen) atoms. The number of carbonyl (C=O) groups excluding carboxylic acids is 1. The highest BCUT2D eigenvalue weighted by molar-refractivity contribution is 6.30. The minimum Gasteiger partial charge on any atom is -0.495 e. The molecule has 0 radical (unpaired) electrons. The van der Waals surface area contributed by atoms with Crippen LogP contribution in [0.2, 0.25) is 5.02 Å². The molecular formula is C16H20ClN5O2. The van der Waals surface area contributed by atoms with E-state index in [9.17, 15) is 4.79 Å². The van der Waals surface area contributed by atoms with E-state index < -0.39 is 0 Å². The van der Waals surface area contributed by atoms with Crippen molar-refractivity contribution in [3.63, 3.8) is 0 Å². The normalized spacial score (nSPS) is 17.1. The summed E-state index contributed by atoms with van der Waals surface area (Å²) in [5.41, 5.74) is 0.962. The molecule has 2 heterocycles. The number of carbonyl (C=O) groups is 1. The molecule has 0 bridgehead atoms. The smallest absolute Gasteiger partial charge is 0.222 e. The van der Waals surface area contributed by atoms with Crippen molar-refractivity contribution in [3.05, 3.63) is 35.9 Å². The molecule has 0 spiro atoms. The monoisotopic (exact) mass is 349 g/mol. The molecule has 1 aromatic carbocycles. The Morgan fingerprint density at radius 1 is 1.50 bits per heavy atom. The highest BCUT2D eigenvalue weighted by Crippen LogP contribution is 2.33. The quantitative estimate of drug-likeness (QED) is 0.859. The molecule has 1 aliphatic rings. The predicted molar refractivity (Wildman–Crippen MR) is 91.4 cm³/mol. The van der Waals surface area contributed by atoms with Gasteiger partial charge in [0.15, 0.2) is 0 Å². The highest BCUT2D eigenvalue weighted by Gasteiger charge is 2.26. The van der Waals surface area contributed by atoms with E-state index in [1.165, 1.54) is 6.33 Å². The van der Waals surface area contributed by atoms with Gasteiger partial charge < -0.3 is 15.0 Å². The molecule has 0 unspecified atom stereocenters. The van der Waals surface area contributed by atoms with Crippen LogP contribution in [0.15, 0.2) is 30.9 Å². The summed E-state index contributed by atoms with van der Waals surface area (Å²) < 4.78 is 7.06. The lowest BCUT2D eigenvalue weighted by Gasteiger charge is -2.21. The van der Waals surface area contributed by atoms with Gasteiger partial charge in [0, 0.05) is 30.6 Å². The first-order valence-corrected chi connectivity index (χ1v) is 8.24. The number of rotatable bonds is 6. The second-order valence-electron chi connectivity index (χ2n) is 5.72. The van der Waals surface area contributed by atoms with E-state index >= 15 is 0 Å². The highest BCUT2D eigenvalue weighted by atomic mass is 35.5. The Hall–Kier alpha value is -2.28. The summed E-state index contributed by atoms with van der Waals surface area (Å²) in [6.45, 7) is 2.13. The summed E-state index contributed by atoms with van der Waals surface area (Å²) in [4.78, 5) is 18.1. The molecule has 128 valence electrons. The van der Waals surface area contributed by atoms with Crippen LogP contribution in [0.1, 0.15) is 12.8 Å². The van der Waals surface area contributed by atoms with E-state index in [2.05, 4.69) is 20.3 Å².